The Balaban J connectivity index is 1.22. The van der Waals surface area contributed by atoms with Crippen molar-refractivity contribution in [2.75, 3.05) is 13.1 Å². The molecule has 2 fully saturated rings. The van der Waals surface area contributed by atoms with E-state index in [0.29, 0.717) is 12.1 Å². The van der Waals surface area contributed by atoms with Gasteiger partial charge in [-0.25, -0.2) is 9.78 Å². The highest BCUT2D eigenvalue weighted by atomic mass is 32.1. The number of nitrogens with one attached hydrogen (secondary N) is 1. The van der Waals surface area contributed by atoms with Gasteiger partial charge in [0.1, 0.15) is 10.5 Å². The molecule has 2 aliphatic rings. The molecule has 1 aromatic carbocycles. The Kier molecular flexibility index (Phi) is 6.43. The van der Waals surface area contributed by atoms with Gasteiger partial charge in [-0.05, 0) is 50.4 Å². The lowest BCUT2D eigenvalue weighted by Gasteiger charge is -2.40. The van der Waals surface area contributed by atoms with Crippen molar-refractivity contribution in [3.63, 3.8) is 0 Å². The lowest BCUT2D eigenvalue weighted by Crippen LogP contribution is -2.55. The Morgan fingerprint density at radius 2 is 1.82 bits per heavy atom. The average molecular weight is 476 g/mol. The van der Waals surface area contributed by atoms with Crippen LogP contribution >= 0.6 is 11.3 Å². The number of piperidine rings is 1. The summed E-state index contributed by atoms with van der Waals surface area (Å²) in [5.74, 6) is 0.00615. The molecule has 0 saturated carbocycles. The molecule has 2 saturated heterocycles. The summed E-state index contributed by atoms with van der Waals surface area (Å²) in [6.07, 6.45) is 4.01. The quantitative estimate of drug-likeness (QED) is 0.515. The Morgan fingerprint density at radius 3 is 2.53 bits per heavy atom. The molecule has 3 aromatic rings. The van der Waals surface area contributed by atoms with E-state index in [4.69, 9.17) is 4.98 Å². The fourth-order valence-corrected chi connectivity index (χ4v) is 5.99. The molecule has 5 rings (SSSR count). The number of thiazole rings is 1. The van der Waals surface area contributed by atoms with E-state index in [0.717, 1.165) is 48.7 Å². The van der Waals surface area contributed by atoms with Crippen LogP contribution < -0.4 is 5.32 Å². The average Bonchev–Trinajstić information content (AvgIpc) is 3.44. The number of rotatable bonds is 7. The standard InChI is InChI=1S/C26H29N5O2S/c1-2-26(24(32)31(25(33)29-26)16-21-10-6-7-13-27-21)20-11-14-30(15-12-20)17-23-28-22(18-34-23)19-8-4-3-5-9-19/h3-10,13,18,20H,2,11-12,14-17H2,1H3,(H,29,33). The van der Waals surface area contributed by atoms with E-state index in [1.807, 2.05) is 43.3 Å². The van der Waals surface area contributed by atoms with Gasteiger partial charge >= 0.3 is 6.03 Å². The molecule has 34 heavy (non-hydrogen) atoms. The largest absolute Gasteiger partial charge is 0.325 e. The van der Waals surface area contributed by atoms with Crippen molar-refractivity contribution in [1.29, 1.82) is 0 Å². The summed E-state index contributed by atoms with van der Waals surface area (Å²) in [7, 11) is 0. The number of carbonyl (C=O) groups is 2. The Hall–Kier alpha value is -3.10. The summed E-state index contributed by atoms with van der Waals surface area (Å²) in [4.78, 5) is 39.1. The number of hydrogen-bond acceptors (Lipinski definition) is 6. The SMILES string of the molecule is CCC1(C2CCN(Cc3nc(-c4ccccc4)cs3)CC2)NC(=O)N(Cc2ccccn2)C1=O. The zero-order chi connectivity index (χ0) is 23.5. The number of carbonyl (C=O) groups excluding carboxylic acids is 2. The number of likely N-dealkylation sites (tertiary alicyclic amines) is 1. The zero-order valence-corrected chi connectivity index (χ0v) is 20.1. The molecule has 2 aliphatic heterocycles. The Labute approximate surface area is 203 Å². The maximum atomic E-state index is 13.5. The molecule has 3 amide bonds. The molecule has 4 heterocycles. The predicted octanol–water partition coefficient (Wildman–Crippen LogP) is 4.32. The van der Waals surface area contributed by atoms with Gasteiger partial charge in [-0.3, -0.25) is 19.6 Å². The van der Waals surface area contributed by atoms with Crippen LogP contribution in [-0.2, 0) is 17.9 Å². The van der Waals surface area contributed by atoms with E-state index in [-0.39, 0.29) is 24.4 Å². The molecule has 1 atom stereocenters. The van der Waals surface area contributed by atoms with E-state index >= 15 is 0 Å². The molecule has 1 N–H and O–H groups in total. The van der Waals surface area contributed by atoms with Gasteiger partial charge in [0.2, 0.25) is 0 Å². The third-order valence-electron chi connectivity index (χ3n) is 7.07. The lowest BCUT2D eigenvalue weighted by atomic mass is 9.75. The van der Waals surface area contributed by atoms with Gasteiger partial charge in [0.15, 0.2) is 0 Å². The second-order valence-corrected chi connectivity index (χ2v) is 9.95. The van der Waals surface area contributed by atoms with Crippen molar-refractivity contribution in [2.45, 2.75) is 44.8 Å². The number of urea groups is 1. The number of imide groups is 1. The maximum Gasteiger partial charge on any atom is 0.325 e. The minimum atomic E-state index is -0.820. The molecule has 176 valence electrons. The first-order valence-corrected chi connectivity index (χ1v) is 12.7. The lowest BCUT2D eigenvalue weighted by molar-refractivity contribution is -0.134. The number of hydrogen-bond donors (Lipinski definition) is 1. The van der Waals surface area contributed by atoms with Crippen LogP contribution in [0.4, 0.5) is 4.79 Å². The van der Waals surface area contributed by atoms with Crippen LogP contribution in [0.5, 0.6) is 0 Å². The topological polar surface area (TPSA) is 78.4 Å². The fourth-order valence-electron chi connectivity index (χ4n) is 5.15. The third-order valence-corrected chi connectivity index (χ3v) is 7.90. The molecule has 0 aliphatic carbocycles. The van der Waals surface area contributed by atoms with Crippen LogP contribution in [-0.4, -0.2) is 50.3 Å². The molecule has 8 heteroatoms. The van der Waals surface area contributed by atoms with Crippen LogP contribution in [0.1, 0.15) is 36.9 Å². The summed E-state index contributed by atoms with van der Waals surface area (Å²) in [6.45, 7) is 4.79. The van der Waals surface area contributed by atoms with E-state index in [2.05, 4.69) is 32.7 Å². The maximum absolute atomic E-state index is 13.5. The number of benzene rings is 1. The van der Waals surface area contributed by atoms with Gasteiger partial charge in [-0.15, -0.1) is 11.3 Å². The van der Waals surface area contributed by atoms with Crippen LogP contribution in [0.15, 0.2) is 60.1 Å². The summed E-state index contributed by atoms with van der Waals surface area (Å²) >= 11 is 1.69. The van der Waals surface area contributed by atoms with Crippen molar-refractivity contribution < 1.29 is 9.59 Å². The summed E-state index contributed by atoms with van der Waals surface area (Å²) in [5.41, 5.74) is 2.05. The highest BCUT2D eigenvalue weighted by molar-refractivity contribution is 7.09. The molecular formula is C26H29N5O2S. The first-order valence-electron chi connectivity index (χ1n) is 11.9. The normalized spacial score (nSPS) is 21.7. The van der Waals surface area contributed by atoms with Crippen LogP contribution in [0.25, 0.3) is 11.3 Å². The van der Waals surface area contributed by atoms with Crippen molar-refractivity contribution in [3.8, 4) is 11.3 Å². The van der Waals surface area contributed by atoms with Gasteiger partial charge in [0.25, 0.3) is 5.91 Å². The van der Waals surface area contributed by atoms with Crippen molar-refractivity contribution in [1.82, 2.24) is 25.1 Å². The number of nitrogens with zero attached hydrogens (tertiary/aromatic N) is 4. The molecular weight excluding hydrogens is 446 g/mol. The van der Waals surface area contributed by atoms with E-state index in [1.54, 1.807) is 17.5 Å². The van der Waals surface area contributed by atoms with Crippen LogP contribution in [0, 0.1) is 5.92 Å². The first kappa shape index (κ1) is 22.7. The van der Waals surface area contributed by atoms with E-state index in [1.165, 1.54) is 4.90 Å². The predicted molar refractivity (Wildman–Crippen MR) is 132 cm³/mol. The summed E-state index contributed by atoms with van der Waals surface area (Å²) < 4.78 is 0. The Morgan fingerprint density at radius 1 is 1.06 bits per heavy atom. The number of amides is 3. The highest BCUT2D eigenvalue weighted by Crippen LogP contribution is 2.37. The summed E-state index contributed by atoms with van der Waals surface area (Å²) in [5, 5.41) is 6.30. The van der Waals surface area contributed by atoms with Gasteiger partial charge < -0.3 is 5.32 Å². The second-order valence-electron chi connectivity index (χ2n) is 9.01. The zero-order valence-electron chi connectivity index (χ0n) is 19.3. The third kappa shape index (κ3) is 4.35. The first-order chi connectivity index (χ1) is 16.6. The van der Waals surface area contributed by atoms with Crippen LogP contribution in [0.2, 0.25) is 0 Å². The highest BCUT2D eigenvalue weighted by Gasteiger charge is 2.54. The Bertz CT molecular complexity index is 1140. The fraction of sp³-hybridized carbons (Fsp3) is 0.385. The molecule has 2 aromatic heterocycles. The van der Waals surface area contributed by atoms with Gasteiger partial charge in [0.05, 0.1) is 24.5 Å². The van der Waals surface area contributed by atoms with Crippen molar-refractivity contribution in [2.24, 2.45) is 5.92 Å². The second kappa shape index (κ2) is 9.64. The van der Waals surface area contributed by atoms with E-state index < -0.39 is 5.54 Å². The van der Waals surface area contributed by atoms with Crippen molar-refractivity contribution in [3.05, 3.63) is 70.8 Å². The van der Waals surface area contributed by atoms with E-state index in [9.17, 15) is 9.59 Å². The monoisotopic (exact) mass is 475 g/mol. The van der Waals surface area contributed by atoms with Gasteiger partial charge in [0, 0.05) is 17.1 Å². The molecule has 0 radical (unpaired) electrons. The number of pyridine rings is 1. The van der Waals surface area contributed by atoms with Gasteiger partial charge in [-0.1, -0.05) is 43.3 Å². The summed E-state index contributed by atoms with van der Waals surface area (Å²) in [6, 6.07) is 15.5. The number of aromatic nitrogens is 2. The minimum absolute atomic E-state index is 0.114. The minimum Gasteiger partial charge on any atom is -0.323 e. The molecule has 0 bridgehead atoms. The van der Waals surface area contributed by atoms with Crippen LogP contribution in [0.3, 0.4) is 0 Å². The smallest absolute Gasteiger partial charge is 0.323 e. The molecule has 7 nitrogen and oxygen atoms in total. The van der Waals surface area contributed by atoms with Crippen molar-refractivity contribution >= 4 is 23.3 Å². The molecule has 1 unspecified atom stereocenters. The molecule has 0 spiro atoms. The van der Waals surface area contributed by atoms with Gasteiger partial charge in [-0.2, -0.15) is 0 Å².